The Morgan fingerprint density at radius 2 is 2.27 bits per heavy atom. The third-order valence-electron chi connectivity index (χ3n) is 2.84. The number of rotatable bonds is 2. The topological polar surface area (TPSA) is 29.3 Å². The second-order valence-corrected chi connectivity index (χ2v) is 4.33. The molecule has 0 unspecified atom stereocenters. The first-order valence-electron chi connectivity index (χ1n) is 5.44. The standard InChI is InChI=1S/C13H18N2/c1-10(2)6-8-15-9-7-11-4-3-5-12(14)13(11)15/h3-6H,7-9,14H2,1-2H3. The maximum Gasteiger partial charge on any atom is 0.0636 e. The maximum absolute atomic E-state index is 6.01. The summed E-state index contributed by atoms with van der Waals surface area (Å²) < 4.78 is 0. The van der Waals surface area contributed by atoms with Gasteiger partial charge in [-0.15, -0.1) is 0 Å². The van der Waals surface area contributed by atoms with Crippen LogP contribution >= 0.6 is 0 Å². The molecule has 1 aromatic carbocycles. The lowest BCUT2D eigenvalue weighted by atomic mass is 10.1. The van der Waals surface area contributed by atoms with Gasteiger partial charge in [-0.1, -0.05) is 23.8 Å². The molecule has 2 nitrogen and oxygen atoms in total. The first-order valence-corrected chi connectivity index (χ1v) is 5.44. The Balaban J connectivity index is 2.24. The number of nitrogen functional groups attached to an aromatic ring is 1. The Hall–Kier alpha value is -1.44. The Morgan fingerprint density at radius 1 is 1.47 bits per heavy atom. The molecule has 2 heteroatoms. The average Bonchev–Trinajstić information content (AvgIpc) is 2.59. The van der Waals surface area contributed by atoms with Crippen LogP contribution in [0.4, 0.5) is 11.4 Å². The van der Waals surface area contributed by atoms with E-state index in [0.717, 1.165) is 25.2 Å². The van der Waals surface area contributed by atoms with E-state index in [4.69, 9.17) is 5.73 Å². The lowest BCUT2D eigenvalue weighted by Gasteiger charge is -2.19. The molecule has 2 rings (SSSR count). The van der Waals surface area contributed by atoms with E-state index in [1.165, 1.54) is 16.8 Å². The van der Waals surface area contributed by atoms with Gasteiger partial charge < -0.3 is 10.6 Å². The van der Waals surface area contributed by atoms with Crippen molar-refractivity contribution < 1.29 is 0 Å². The van der Waals surface area contributed by atoms with E-state index in [1.54, 1.807) is 0 Å². The van der Waals surface area contributed by atoms with E-state index in [0.29, 0.717) is 0 Å². The SMILES string of the molecule is CC(C)=CCN1CCc2cccc(N)c21. The molecule has 1 aromatic rings. The molecule has 1 aliphatic rings. The van der Waals surface area contributed by atoms with Crippen LogP contribution in [0.2, 0.25) is 0 Å². The van der Waals surface area contributed by atoms with Crippen LogP contribution in [0.3, 0.4) is 0 Å². The van der Waals surface area contributed by atoms with E-state index in [2.05, 4.69) is 30.9 Å². The molecular weight excluding hydrogens is 184 g/mol. The molecule has 0 bridgehead atoms. The number of benzene rings is 1. The minimum atomic E-state index is 0.909. The summed E-state index contributed by atoms with van der Waals surface area (Å²) in [5.74, 6) is 0. The molecule has 0 atom stereocenters. The van der Waals surface area contributed by atoms with Gasteiger partial charge in [0.1, 0.15) is 0 Å². The molecule has 0 radical (unpaired) electrons. The van der Waals surface area contributed by atoms with Crippen LogP contribution in [0.5, 0.6) is 0 Å². The molecule has 0 saturated carbocycles. The Labute approximate surface area is 91.4 Å². The second kappa shape index (κ2) is 3.97. The van der Waals surface area contributed by atoms with Crippen LogP contribution in [0.1, 0.15) is 19.4 Å². The Kier molecular flexibility index (Phi) is 2.67. The molecule has 0 fully saturated rings. The van der Waals surface area contributed by atoms with Crippen molar-refractivity contribution in [2.45, 2.75) is 20.3 Å². The summed E-state index contributed by atoms with van der Waals surface area (Å²) in [6, 6.07) is 6.20. The van der Waals surface area contributed by atoms with Crippen molar-refractivity contribution in [1.82, 2.24) is 0 Å². The molecule has 0 amide bonds. The first-order chi connectivity index (χ1) is 7.18. The lowest BCUT2D eigenvalue weighted by Crippen LogP contribution is -2.21. The highest BCUT2D eigenvalue weighted by Crippen LogP contribution is 2.33. The summed E-state index contributed by atoms with van der Waals surface area (Å²) in [5.41, 5.74) is 10.9. The quantitative estimate of drug-likeness (QED) is 0.590. The molecule has 80 valence electrons. The molecule has 1 aliphatic heterocycles. The van der Waals surface area contributed by atoms with Gasteiger partial charge in [-0.2, -0.15) is 0 Å². The third-order valence-corrected chi connectivity index (χ3v) is 2.84. The van der Waals surface area contributed by atoms with Gasteiger partial charge in [-0.05, 0) is 31.9 Å². The Morgan fingerprint density at radius 3 is 3.00 bits per heavy atom. The van der Waals surface area contributed by atoms with Crippen molar-refractivity contribution in [3.05, 3.63) is 35.4 Å². The molecule has 1 heterocycles. The first kappa shape index (κ1) is 10.1. The van der Waals surface area contributed by atoms with Gasteiger partial charge in [0.15, 0.2) is 0 Å². The summed E-state index contributed by atoms with van der Waals surface area (Å²) in [4.78, 5) is 2.36. The zero-order chi connectivity index (χ0) is 10.8. The number of nitrogens with two attached hydrogens (primary N) is 1. The Bertz CT molecular complexity index is 390. The van der Waals surface area contributed by atoms with Crippen LogP contribution in [-0.4, -0.2) is 13.1 Å². The number of nitrogens with zero attached hydrogens (tertiary/aromatic N) is 1. The summed E-state index contributed by atoms with van der Waals surface area (Å²) in [6.45, 7) is 6.33. The molecule has 15 heavy (non-hydrogen) atoms. The average molecular weight is 202 g/mol. The van der Waals surface area contributed by atoms with E-state index in [9.17, 15) is 0 Å². The highest BCUT2D eigenvalue weighted by atomic mass is 15.2. The van der Waals surface area contributed by atoms with Crippen LogP contribution < -0.4 is 10.6 Å². The van der Waals surface area contributed by atoms with Gasteiger partial charge in [0.25, 0.3) is 0 Å². The van der Waals surface area contributed by atoms with Gasteiger partial charge in [0.2, 0.25) is 0 Å². The number of hydrogen-bond donors (Lipinski definition) is 1. The molecule has 0 saturated heterocycles. The summed E-state index contributed by atoms with van der Waals surface area (Å²) in [7, 11) is 0. The highest BCUT2D eigenvalue weighted by Gasteiger charge is 2.19. The van der Waals surface area contributed by atoms with Crippen molar-refractivity contribution in [1.29, 1.82) is 0 Å². The summed E-state index contributed by atoms with van der Waals surface area (Å²) >= 11 is 0. The van der Waals surface area contributed by atoms with Crippen LogP contribution in [0.15, 0.2) is 29.8 Å². The smallest absolute Gasteiger partial charge is 0.0636 e. The molecule has 0 aliphatic carbocycles. The lowest BCUT2D eigenvalue weighted by molar-refractivity contribution is 0.900. The maximum atomic E-state index is 6.01. The van der Waals surface area contributed by atoms with Gasteiger partial charge >= 0.3 is 0 Å². The van der Waals surface area contributed by atoms with Crippen LogP contribution in [0, 0.1) is 0 Å². The second-order valence-electron chi connectivity index (χ2n) is 4.33. The zero-order valence-electron chi connectivity index (χ0n) is 9.46. The number of hydrogen-bond acceptors (Lipinski definition) is 2. The molecule has 0 spiro atoms. The highest BCUT2D eigenvalue weighted by molar-refractivity contribution is 5.74. The van der Waals surface area contributed by atoms with Crippen molar-refractivity contribution in [2.75, 3.05) is 23.7 Å². The fourth-order valence-corrected chi connectivity index (χ4v) is 2.04. The van der Waals surface area contributed by atoms with Crippen molar-refractivity contribution >= 4 is 11.4 Å². The van der Waals surface area contributed by atoms with Gasteiger partial charge in [0, 0.05) is 13.1 Å². The van der Waals surface area contributed by atoms with E-state index < -0.39 is 0 Å². The summed E-state index contributed by atoms with van der Waals surface area (Å²) in [5, 5.41) is 0. The van der Waals surface area contributed by atoms with Crippen molar-refractivity contribution in [3.63, 3.8) is 0 Å². The minimum Gasteiger partial charge on any atom is -0.397 e. The number of para-hydroxylation sites is 1. The number of fused-ring (bicyclic) bond motifs is 1. The molecule has 2 N–H and O–H groups in total. The number of allylic oxidation sites excluding steroid dienone is 1. The van der Waals surface area contributed by atoms with E-state index in [1.807, 2.05) is 12.1 Å². The largest absolute Gasteiger partial charge is 0.397 e. The fourth-order valence-electron chi connectivity index (χ4n) is 2.04. The number of anilines is 2. The third kappa shape index (κ3) is 1.99. The van der Waals surface area contributed by atoms with Gasteiger partial charge in [-0.25, -0.2) is 0 Å². The molecule has 0 aromatic heterocycles. The monoisotopic (exact) mass is 202 g/mol. The van der Waals surface area contributed by atoms with Gasteiger partial charge in [-0.3, -0.25) is 0 Å². The summed E-state index contributed by atoms with van der Waals surface area (Å²) in [6.07, 6.45) is 3.37. The fraction of sp³-hybridized carbons (Fsp3) is 0.385. The van der Waals surface area contributed by atoms with E-state index >= 15 is 0 Å². The van der Waals surface area contributed by atoms with Crippen molar-refractivity contribution in [3.8, 4) is 0 Å². The predicted molar refractivity (Wildman–Crippen MR) is 66.2 cm³/mol. The molecular formula is C13H18N2. The minimum absolute atomic E-state index is 0.909. The van der Waals surface area contributed by atoms with Crippen LogP contribution in [-0.2, 0) is 6.42 Å². The van der Waals surface area contributed by atoms with Gasteiger partial charge in [0.05, 0.1) is 11.4 Å². The zero-order valence-corrected chi connectivity index (χ0v) is 9.46. The van der Waals surface area contributed by atoms with Crippen molar-refractivity contribution in [2.24, 2.45) is 0 Å². The predicted octanol–water partition coefficient (Wildman–Crippen LogP) is 2.60. The van der Waals surface area contributed by atoms with E-state index in [-0.39, 0.29) is 0 Å². The van der Waals surface area contributed by atoms with Crippen LogP contribution in [0.25, 0.3) is 0 Å². The normalized spacial score (nSPS) is 13.9.